The van der Waals surface area contributed by atoms with Crippen LogP contribution in [0.15, 0.2) is 24.3 Å². The zero-order chi connectivity index (χ0) is 13.8. The summed E-state index contributed by atoms with van der Waals surface area (Å²) in [5.41, 5.74) is 6.90. The van der Waals surface area contributed by atoms with E-state index >= 15 is 0 Å². The van der Waals surface area contributed by atoms with Gasteiger partial charge in [-0.15, -0.1) is 0 Å². The third-order valence-corrected chi connectivity index (χ3v) is 3.48. The average Bonchev–Trinajstić information content (AvgIpc) is 2.34. The SMILES string of the molecule is CN(CCS(C)(=O)=O)C(=O)c1cccc(CN)c1. The summed E-state index contributed by atoms with van der Waals surface area (Å²) in [6, 6.07) is 7.02. The molecule has 0 fully saturated rings. The summed E-state index contributed by atoms with van der Waals surface area (Å²) in [5, 5.41) is 0. The largest absolute Gasteiger partial charge is 0.341 e. The van der Waals surface area contributed by atoms with Crippen LogP contribution in [0.25, 0.3) is 0 Å². The van der Waals surface area contributed by atoms with E-state index in [0.717, 1.165) is 11.8 Å². The third kappa shape index (κ3) is 4.46. The molecule has 18 heavy (non-hydrogen) atoms. The van der Waals surface area contributed by atoms with E-state index in [1.165, 1.54) is 4.90 Å². The van der Waals surface area contributed by atoms with E-state index in [2.05, 4.69) is 0 Å². The minimum absolute atomic E-state index is 0.0359. The van der Waals surface area contributed by atoms with Gasteiger partial charge in [0.1, 0.15) is 9.84 Å². The minimum atomic E-state index is -3.06. The highest BCUT2D eigenvalue weighted by atomic mass is 32.2. The molecule has 0 aliphatic heterocycles. The van der Waals surface area contributed by atoms with Crippen LogP contribution in [0.4, 0.5) is 0 Å². The second kappa shape index (κ2) is 5.97. The van der Waals surface area contributed by atoms with Gasteiger partial charge in [-0.25, -0.2) is 8.42 Å². The number of hydrogen-bond acceptors (Lipinski definition) is 4. The number of carbonyl (C=O) groups excluding carboxylic acids is 1. The lowest BCUT2D eigenvalue weighted by Crippen LogP contribution is -2.31. The van der Waals surface area contributed by atoms with Crippen molar-refractivity contribution in [3.63, 3.8) is 0 Å². The molecule has 6 heteroatoms. The van der Waals surface area contributed by atoms with Gasteiger partial charge >= 0.3 is 0 Å². The predicted molar refractivity (Wildman–Crippen MR) is 71.0 cm³/mol. The summed E-state index contributed by atoms with van der Waals surface area (Å²) >= 11 is 0. The van der Waals surface area contributed by atoms with Crippen LogP contribution in [0.1, 0.15) is 15.9 Å². The van der Waals surface area contributed by atoms with Gasteiger partial charge in [0.25, 0.3) is 5.91 Å². The summed E-state index contributed by atoms with van der Waals surface area (Å²) in [5.74, 6) is -0.236. The maximum Gasteiger partial charge on any atom is 0.253 e. The number of nitrogens with two attached hydrogens (primary N) is 1. The summed E-state index contributed by atoms with van der Waals surface area (Å²) < 4.78 is 22.1. The molecule has 100 valence electrons. The zero-order valence-electron chi connectivity index (χ0n) is 10.6. The fourth-order valence-electron chi connectivity index (χ4n) is 1.46. The first kappa shape index (κ1) is 14.7. The maximum absolute atomic E-state index is 12.0. The molecular formula is C12H18N2O3S. The first-order valence-corrected chi connectivity index (χ1v) is 7.62. The summed E-state index contributed by atoms with van der Waals surface area (Å²) in [6.45, 7) is 0.554. The van der Waals surface area contributed by atoms with Crippen LogP contribution < -0.4 is 5.73 Å². The smallest absolute Gasteiger partial charge is 0.253 e. The van der Waals surface area contributed by atoms with Gasteiger partial charge in [-0.05, 0) is 17.7 Å². The van der Waals surface area contributed by atoms with Crippen molar-refractivity contribution in [1.82, 2.24) is 4.90 Å². The number of hydrogen-bond donors (Lipinski definition) is 1. The van der Waals surface area contributed by atoms with Gasteiger partial charge in [0, 0.05) is 32.0 Å². The highest BCUT2D eigenvalue weighted by Crippen LogP contribution is 2.07. The Balaban J connectivity index is 2.74. The highest BCUT2D eigenvalue weighted by molar-refractivity contribution is 7.90. The standard InChI is InChI=1S/C12H18N2O3S/c1-14(6-7-18(2,16)17)12(15)11-5-3-4-10(8-11)9-13/h3-5,8H,6-7,9,13H2,1-2H3. The van der Waals surface area contributed by atoms with Crippen molar-refractivity contribution in [2.75, 3.05) is 25.6 Å². The van der Waals surface area contributed by atoms with Gasteiger partial charge in [0.15, 0.2) is 0 Å². The van der Waals surface area contributed by atoms with E-state index in [4.69, 9.17) is 5.73 Å². The van der Waals surface area contributed by atoms with Crippen molar-refractivity contribution in [3.8, 4) is 0 Å². The summed E-state index contributed by atoms with van der Waals surface area (Å²) in [7, 11) is -1.48. The molecule has 0 saturated heterocycles. The molecule has 2 N–H and O–H groups in total. The molecule has 1 aromatic carbocycles. The van der Waals surface area contributed by atoms with Crippen LogP contribution >= 0.6 is 0 Å². The number of sulfone groups is 1. The molecule has 0 heterocycles. The molecule has 5 nitrogen and oxygen atoms in total. The first-order valence-electron chi connectivity index (χ1n) is 5.55. The number of amides is 1. The Morgan fingerprint density at radius 3 is 2.61 bits per heavy atom. The second-order valence-corrected chi connectivity index (χ2v) is 6.52. The van der Waals surface area contributed by atoms with Gasteiger partial charge in [0.05, 0.1) is 5.75 Å². The van der Waals surface area contributed by atoms with Crippen molar-refractivity contribution in [2.24, 2.45) is 5.73 Å². The first-order chi connectivity index (χ1) is 8.33. The van der Waals surface area contributed by atoms with Crippen LogP contribution in [-0.2, 0) is 16.4 Å². The number of rotatable bonds is 5. The molecule has 0 saturated carbocycles. The van der Waals surface area contributed by atoms with Crippen molar-refractivity contribution in [3.05, 3.63) is 35.4 Å². The highest BCUT2D eigenvalue weighted by Gasteiger charge is 2.13. The Kier molecular flexibility index (Phi) is 4.86. The molecular weight excluding hydrogens is 252 g/mol. The quantitative estimate of drug-likeness (QED) is 0.832. The van der Waals surface area contributed by atoms with Crippen LogP contribution in [-0.4, -0.2) is 44.8 Å². The Hall–Kier alpha value is -1.40. The molecule has 1 rings (SSSR count). The van der Waals surface area contributed by atoms with Crippen molar-refractivity contribution in [1.29, 1.82) is 0 Å². The second-order valence-electron chi connectivity index (χ2n) is 4.26. The number of nitrogens with zero attached hydrogens (tertiary/aromatic N) is 1. The van der Waals surface area contributed by atoms with Gasteiger partial charge in [-0.2, -0.15) is 0 Å². The molecule has 0 radical (unpaired) electrons. The molecule has 0 spiro atoms. The van der Waals surface area contributed by atoms with E-state index in [-0.39, 0.29) is 18.2 Å². The van der Waals surface area contributed by atoms with E-state index in [0.29, 0.717) is 12.1 Å². The van der Waals surface area contributed by atoms with Gasteiger partial charge in [-0.1, -0.05) is 12.1 Å². The lowest BCUT2D eigenvalue weighted by molar-refractivity contribution is 0.0803. The Labute approximate surface area is 108 Å². The molecule has 0 aliphatic rings. The number of carbonyl (C=O) groups is 1. The maximum atomic E-state index is 12.0. The van der Waals surface area contributed by atoms with Gasteiger partial charge < -0.3 is 10.6 Å². The van der Waals surface area contributed by atoms with Gasteiger partial charge in [-0.3, -0.25) is 4.79 Å². The van der Waals surface area contributed by atoms with Crippen molar-refractivity contribution >= 4 is 15.7 Å². The normalized spacial score (nSPS) is 11.3. The molecule has 0 bridgehead atoms. The molecule has 1 aromatic rings. The minimum Gasteiger partial charge on any atom is -0.341 e. The Morgan fingerprint density at radius 2 is 2.06 bits per heavy atom. The van der Waals surface area contributed by atoms with Crippen molar-refractivity contribution < 1.29 is 13.2 Å². The lowest BCUT2D eigenvalue weighted by Gasteiger charge is -2.16. The fraction of sp³-hybridized carbons (Fsp3) is 0.417. The predicted octanol–water partition coefficient (Wildman–Crippen LogP) is 0.262. The fourth-order valence-corrected chi connectivity index (χ4v) is 2.06. The van der Waals surface area contributed by atoms with E-state index in [1.54, 1.807) is 25.2 Å². The van der Waals surface area contributed by atoms with Crippen LogP contribution in [0.2, 0.25) is 0 Å². The van der Waals surface area contributed by atoms with Crippen LogP contribution in [0.3, 0.4) is 0 Å². The Bertz CT molecular complexity index is 526. The lowest BCUT2D eigenvalue weighted by atomic mass is 10.1. The van der Waals surface area contributed by atoms with Crippen LogP contribution in [0.5, 0.6) is 0 Å². The van der Waals surface area contributed by atoms with E-state index in [9.17, 15) is 13.2 Å². The third-order valence-electron chi connectivity index (χ3n) is 2.55. The van der Waals surface area contributed by atoms with Crippen molar-refractivity contribution in [2.45, 2.75) is 6.54 Å². The van der Waals surface area contributed by atoms with Crippen LogP contribution in [0, 0.1) is 0 Å². The molecule has 0 aliphatic carbocycles. The zero-order valence-corrected chi connectivity index (χ0v) is 11.4. The molecule has 0 unspecified atom stereocenters. The summed E-state index contributed by atoms with van der Waals surface area (Å²) in [4.78, 5) is 13.4. The summed E-state index contributed by atoms with van der Waals surface area (Å²) in [6.07, 6.45) is 1.15. The topological polar surface area (TPSA) is 80.5 Å². The molecule has 1 amide bonds. The Morgan fingerprint density at radius 1 is 1.39 bits per heavy atom. The average molecular weight is 270 g/mol. The van der Waals surface area contributed by atoms with E-state index in [1.807, 2.05) is 6.07 Å². The van der Waals surface area contributed by atoms with Gasteiger partial charge in [0.2, 0.25) is 0 Å². The number of benzene rings is 1. The van der Waals surface area contributed by atoms with E-state index < -0.39 is 9.84 Å². The monoisotopic (exact) mass is 270 g/mol. The molecule has 0 atom stereocenters. The molecule has 0 aromatic heterocycles.